The number of fused-ring (bicyclic) bond motifs is 1. The van der Waals surface area contributed by atoms with Gasteiger partial charge >= 0.3 is 0 Å². The molecule has 0 bridgehead atoms. The SMILES string of the molecule is COCCn1c(SCC(=O)NCCc2ccccc2)nc2ccccc2c1=O. The van der Waals surface area contributed by atoms with Gasteiger partial charge in [-0.15, -0.1) is 0 Å². The molecule has 146 valence electrons. The van der Waals surface area contributed by atoms with E-state index in [4.69, 9.17) is 4.74 Å². The molecule has 0 aliphatic rings. The van der Waals surface area contributed by atoms with Gasteiger partial charge in [-0.25, -0.2) is 4.98 Å². The van der Waals surface area contributed by atoms with Gasteiger partial charge in [-0.1, -0.05) is 54.2 Å². The normalized spacial score (nSPS) is 10.9. The van der Waals surface area contributed by atoms with Crippen molar-refractivity contribution in [3.05, 3.63) is 70.5 Å². The number of nitrogens with zero attached hydrogens (tertiary/aromatic N) is 2. The van der Waals surface area contributed by atoms with Crippen LogP contribution in [0.4, 0.5) is 0 Å². The van der Waals surface area contributed by atoms with Gasteiger partial charge in [0.1, 0.15) is 0 Å². The highest BCUT2D eigenvalue weighted by Crippen LogP contribution is 2.17. The first kappa shape index (κ1) is 20.1. The van der Waals surface area contributed by atoms with Crippen LogP contribution < -0.4 is 10.9 Å². The van der Waals surface area contributed by atoms with Crippen LogP contribution in [0.3, 0.4) is 0 Å². The summed E-state index contributed by atoms with van der Waals surface area (Å²) in [6.07, 6.45) is 0.782. The van der Waals surface area contributed by atoms with Crippen LogP contribution in [0, 0.1) is 0 Å². The van der Waals surface area contributed by atoms with E-state index in [-0.39, 0.29) is 17.2 Å². The largest absolute Gasteiger partial charge is 0.383 e. The lowest BCUT2D eigenvalue weighted by Gasteiger charge is -2.12. The molecule has 0 saturated heterocycles. The van der Waals surface area contributed by atoms with Gasteiger partial charge in [-0.3, -0.25) is 14.2 Å². The molecule has 0 radical (unpaired) electrons. The number of rotatable bonds is 9. The molecule has 1 heterocycles. The summed E-state index contributed by atoms with van der Waals surface area (Å²) in [6, 6.07) is 17.2. The summed E-state index contributed by atoms with van der Waals surface area (Å²) in [5, 5.41) is 4.01. The summed E-state index contributed by atoms with van der Waals surface area (Å²) >= 11 is 1.27. The van der Waals surface area contributed by atoms with Gasteiger partial charge in [0.15, 0.2) is 5.16 Å². The second kappa shape index (κ2) is 10.1. The Labute approximate surface area is 167 Å². The molecule has 3 rings (SSSR count). The first-order valence-electron chi connectivity index (χ1n) is 9.11. The van der Waals surface area contributed by atoms with Crippen molar-refractivity contribution in [1.82, 2.24) is 14.9 Å². The Morgan fingerprint density at radius 1 is 1.14 bits per heavy atom. The lowest BCUT2D eigenvalue weighted by molar-refractivity contribution is -0.118. The van der Waals surface area contributed by atoms with Crippen molar-refractivity contribution >= 4 is 28.6 Å². The molecule has 1 aromatic heterocycles. The lowest BCUT2D eigenvalue weighted by atomic mass is 10.1. The van der Waals surface area contributed by atoms with E-state index in [0.29, 0.717) is 35.8 Å². The molecule has 6 nitrogen and oxygen atoms in total. The Kier molecular flexibility index (Phi) is 7.22. The third-order valence-corrected chi connectivity index (χ3v) is 5.23. The third kappa shape index (κ3) is 5.21. The van der Waals surface area contributed by atoms with Crippen LogP contribution in [0.1, 0.15) is 5.56 Å². The number of para-hydroxylation sites is 1. The number of methoxy groups -OCH3 is 1. The molecule has 0 aliphatic carbocycles. The van der Waals surface area contributed by atoms with E-state index in [2.05, 4.69) is 10.3 Å². The van der Waals surface area contributed by atoms with E-state index >= 15 is 0 Å². The van der Waals surface area contributed by atoms with Gasteiger partial charge in [-0.05, 0) is 24.1 Å². The fourth-order valence-electron chi connectivity index (χ4n) is 2.81. The van der Waals surface area contributed by atoms with Crippen LogP contribution in [0.15, 0.2) is 64.5 Å². The minimum Gasteiger partial charge on any atom is -0.383 e. The summed E-state index contributed by atoms with van der Waals surface area (Å²) < 4.78 is 6.69. The predicted molar refractivity (Wildman–Crippen MR) is 112 cm³/mol. The fourth-order valence-corrected chi connectivity index (χ4v) is 3.66. The van der Waals surface area contributed by atoms with Crippen LogP contribution in [0.25, 0.3) is 10.9 Å². The van der Waals surface area contributed by atoms with Crippen LogP contribution in [-0.2, 0) is 22.5 Å². The number of aromatic nitrogens is 2. The average molecular weight is 398 g/mol. The maximum absolute atomic E-state index is 12.8. The molecular formula is C21H23N3O3S. The Morgan fingerprint density at radius 2 is 1.89 bits per heavy atom. The summed E-state index contributed by atoms with van der Waals surface area (Å²) in [6.45, 7) is 1.37. The Balaban J connectivity index is 1.65. The highest BCUT2D eigenvalue weighted by molar-refractivity contribution is 7.99. The van der Waals surface area contributed by atoms with Crippen molar-refractivity contribution in [3.63, 3.8) is 0 Å². The predicted octanol–water partition coefficient (Wildman–Crippen LogP) is 2.49. The zero-order valence-electron chi connectivity index (χ0n) is 15.8. The molecule has 0 spiro atoms. The number of carbonyl (C=O) groups excluding carboxylic acids is 1. The molecule has 2 aromatic carbocycles. The quantitative estimate of drug-likeness (QED) is 0.444. The summed E-state index contributed by atoms with van der Waals surface area (Å²) in [7, 11) is 1.59. The number of nitrogens with one attached hydrogen (secondary N) is 1. The van der Waals surface area contributed by atoms with E-state index in [1.807, 2.05) is 42.5 Å². The van der Waals surface area contributed by atoms with E-state index in [1.165, 1.54) is 17.3 Å². The summed E-state index contributed by atoms with van der Waals surface area (Å²) in [4.78, 5) is 29.6. The van der Waals surface area contributed by atoms with Crippen LogP contribution >= 0.6 is 11.8 Å². The zero-order valence-corrected chi connectivity index (χ0v) is 16.6. The van der Waals surface area contributed by atoms with E-state index < -0.39 is 0 Å². The van der Waals surface area contributed by atoms with E-state index in [9.17, 15) is 9.59 Å². The van der Waals surface area contributed by atoms with Crippen LogP contribution in [0.2, 0.25) is 0 Å². The maximum Gasteiger partial charge on any atom is 0.262 e. The van der Waals surface area contributed by atoms with Gasteiger partial charge in [-0.2, -0.15) is 0 Å². The number of carbonyl (C=O) groups is 1. The third-order valence-electron chi connectivity index (χ3n) is 4.26. The van der Waals surface area contributed by atoms with Crippen molar-refractivity contribution in [2.75, 3.05) is 26.0 Å². The summed E-state index contributed by atoms with van der Waals surface area (Å²) in [5.74, 6) is 0.119. The standard InChI is InChI=1S/C21H23N3O3S/c1-27-14-13-24-20(26)17-9-5-6-10-18(17)23-21(24)28-15-19(25)22-12-11-16-7-3-2-4-8-16/h2-10H,11-15H2,1H3,(H,22,25). The van der Waals surface area contributed by atoms with Crippen molar-refractivity contribution in [1.29, 1.82) is 0 Å². The van der Waals surface area contributed by atoms with Gasteiger partial charge in [0.25, 0.3) is 5.56 Å². The molecule has 0 atom stereocenters. The number of thioether (sulfide) groups is 1. The lowest BCUT2D eigenvalue weighted by Crippen LogP contribution is -2.29. The fraction of sp³-hybridized carbons (Fsp3) is 0.286. The smallest absolute Gasteiger partial charge is 0.262 e. The zero-order chi connectivity index (χ0) is 19.8. The van der Waals surface area contributed by atoms with Gasteiger partial charge in [0.2, 0.25) is 5.91 Å². The first-order chi connectivity index (χ1) is 13.7. The molecule has 0 aliphatic heterocycles. The second-order valence-electron chi connectivity index (χ2n) is 6.24. The monoisotopic (exact) mass is 397 g/mol. The maximum atomic E-state index is 12.8. The van der Waals surface area contributed by atoms with Gasteiger partial charge in [0.05, 0.1) is 29.8 Å². The van der Waals surface area contributed by atoms with E-state index in [1.54, 1.807) is 23.8 Å². The molecule has 28 heavy (non-hydrogen) atoms. The van der Waals surface area contributed by atoms with Gasteiger partial charge in [0, 0.05) is 13.7 Å². The molecule has 0 fully saturated rings. The summed E-state index contributed by atoms with van der Waals surface area (Å²) in [5.41, 5.74) is 1.70. The number of amides is 1. The molecule has 1 amide bonds. The topological polar surface area (TPSA) is 73.2 Å². The highest BCUT2D eigenvalue weighted by atomic mass is 32.2. The van der Waals surface area contributed by atoms with Crippen LogP contribution in [0.5, 0.6) is 0 Å². The minimum absolute atomic E-state index is 0.0818. The average Bonchev–Trinajstić information content (AvgIpc) is 2.72. The van der Waals surface area contributed by atoms with E-state index in [0.717, 1.165) is 6.42 Å². The molecule has 0 saturated carbocycles. The van der Waals surface area contributed by atoms with Crippen molar-refractivity contribution in [2.45, 2.75) is 18.1 Å². The molecular weight excluding hydrogens is 374 g/mol. The van der Waals surface area contributed by atoms with Crippen molar-refractivity contribution < 1.29 is 9.53 Å². The molecule has 1 N–H and O–H groups in total. The molecule has 3 aromatic rings. The van der Waals surface area contributed by atoms with Gasteiger partial charge < -0.3 is 10.1 Å². The van der Waals surface area contributed by atoms with Crippen molar-refractivity contribution in [3.8, 4) is 0 Å². The number of ether oxygens (including phenoxy) is 1. The molecule has 7 heteroatoms. The number of benzene rings is 2. The number of hydrogen-bond acceptors (Lipinski definition) is 5. The van der Waals surface area contributed by atoms with Crippen LogP contribution in [-0.4, -0.2) is 41.5 Å². The molecule has 0 unspecified atom stereocenters. The van der Waals surface area contributed by atoms with Crippen molar-refractivity contribution in [2.24, 2.45) is 0 Å². The first-order valence-corrected chi connectivity index (χ1v) is 10.1. The minimum atomic E-state index is -0.116. The Hall–Kier alpha value is -2.64. The second-order valence-corrected chi connectivity index (χ2v) is 7.18. The Morgan fingerprint density at radius 3 is 2.68 bits per heavy atom. The highest BCUT2D eigenvalue weighted by Gasteiger charge is 2.13. The Bertz CT molecular complexity index is 989. The number of hydrogen-bond donors (Lipinski definition) is 1.